The summed E-state index contributed by atoms with van der Waals surface area (Å²) in [6.07, 6.45) is -5.18. The van der Waals surface area contributed by atoms with Crippen molar-refractivity contribution >= 4 is 5.91 Å². The van der Waals surface area contributed by atoms with Gasteiger partial charge in [0, 0.05) is 13.0 Å². The zero-order chi connectivity index (χ0) is 13.5. The molecule has 1 unspecified atom stereocenters. The molecule has 1 amide bonds. The number of hydrogen-bond donors (Lipinski definition) is 2. The Morgan fingerprint density at radius 1 is 1.41 bits per heavy atom. The van der Waals surface area contributed by atoms with E-state index in [1.54, 1.807) is 13.8 Å². The first-order chi connectivity index (χ1) is 7.72. The molecular formula is C10H18F3NO3. The molecule has 0 fully saturated rings. The number of halogens is 3. The normalized spacial score (nSPS) is 13.8. The number of aliphatic hydroxyl groups excluding tert-OH is 1. The zero-order valence-electron chi connectivity index (χ0n) is 9.88. The highest BCUT2D eigenvalue weighted by molar-refractivity contribution is 5.75. The minimum atomic E-state index is -4.37. The monoisotopic (exact) mass is 257 g/mol. The second kappa shape index (κ2) is 7.50. The molecule has 0 saturated heterocycles. The summed E-state index contributed by atoms with van der Waals surface area (Å²) in [6, 6.07) is 0. The molecule has 102 valence electrons. The van der Waals surface area contributed by atoms with Gasteiger partial charge < -0.3 is 15.2 Å². The molecular weight excluding hydrogens is 239 g/mol. The summed E-state index contributed by atoms with van der Waals surface area (Å²) in [5.74, 6) is -0.427. The maximum absolute atomic E-state index is 11.7. The van der Waals surface area contributed by atoms with Crippen molar-refractivity contribution in [3.8, 4) is 0 Å². The van der Waals surface area contributed by atoms with Crippen LogP contribution in [0.2, 0.25) is 0 Å². The summed E-state index contributed by atoms with van der Waals surface area (Å²) < 4.78 is 39.3. The van der Waals surface area contributed by atoms with E-state index in [1.165, 1.54) is 0 Å². The van der Waals surface area contributed by atoms with E-state index in [0.29, 0.717) is 0 Å². The Morgan fingerprint density at radius 3 is 2.47 bits per heavy atom. The lowest BCUT2D eigenvalue weighted by Crippen LogP contribution is -2.35. The van der Waals surface area contributed by atoms with Crippen LogP contribution in [0.5, 0.6) is 0 Å². The third-order valence-corrected chi connectivity index (χ3v) is 2.02. The number of hydrogen-bond acceptors (Lipinski definition) is 3. The molecule has 0 spiro atoms. The van der Waals surface area contributed by atoms with Crippen molar-refractivity contribution < 1.29 is 27.8 Å². The number of aliphatic hydroxyl groups is 1. The Bertz CT molecular complexity index is 231. The fourth-order valence-electron chi connectivity index (χ4n) is 0.895. The number of rotatable bonds is 7. The van der Waals surface area contributed by atoms with Gasteiger partial charge in [0.1, 0.15) is 6.61 Å². The van der Waals surface area contributed by atoms with Crippen molar-refractivity contribution in [1.29, 1.82) is 0 Å². The maximum atomic E-state index is 11.7. The van der Waals surface area contributed by atoms with Gasteiger partial charge in [-0.25, -0.2) is 0 Å². The molecule has 0 aromatic carbocycles. The zero-order valence-corrected chi connectivity index (χ0v) is 9.88. The van der Waals surface area contributed by atoms with Crippen LogP contribution in [0.25, 0.3) is 0 Å². The maximum Gasteiger partial charge on any atom is 0.411 e. The predicted octanol–water partition coefficient (Wildman–Crippen LogP) is 1.09. The Kier molecular flexibility index (Phi) is 7.13. The highest BCUT2D eigenvalue weighted by Gasteiger charge is 2.27. The summed E-state index contributed by atoms with van der Waals surface area (Å²) in [6.45, 7) is 2.04. The smallest absolute Gasteiger partial charge is 0.391 e. The van der Waals surface area contributed by atoms with Crippen LogP contribution in [0.4, 0.5) is 13.2 Å². The molecule has 2 N–H and O–H groups in total. The van der Waals surface area contributed by atoms with Gasteiger partial charge in [-0.05, 0) is 5.92 Å². The average Bonchev–Trinajstić information content (AvgIpc) is 2.19. The summed E-state index contributed by atoms with van der Waals surface area (Å²) in [4.78, 5) is 11.1. The number of carbonyl (C=O) groups is 1. The summed E-state index contributed by atoms with van der Waals surface area (Å²) in [7, 11) is 0. The molecule has 1 atom stereocenters. The molecule has 17 heavy (non-hydrogen) atoms. The number of alkyl halides is 3. The van der Waals surface area contributed by atoms with Crippen LogP contribution in [-0.2, 0) is 9.53 Å². The molecule has 0 aliphatic heterocycles. The number of ether oxygens (including phenoxy) is 1. The third-order valence-electron chi connectivity index (χ3n) is 2.02. The van der Waals surface area contributed by atoms with Crippen molar-refractivity contribution in [3.05, 3.63) is 0 Å². The third kappa shape index (κ3) is 10.1. The van der Waals surface area contributed by atoms with E-state index in [1.807, 2.05) is 0 Å². The minimum absolute atomic E-state index is 0.0109. The Morgan fingerprint density at radius 2 is 2.00 bits per heavy atom. The van der Waals surface area contributed by atoms with Crippen LogP contribution in [0.1, 0.15) is 20.3 Å². The SMILES string of the molecule is CC(C)C(O)CNC(=O)CCOCC(F)(F)F. The van der Waals surface area contributed by atoms with E-state index >= 15 is 0 Å². The molecule has 0 heterocycles. The van der Waals surface area contributed by atoms with Crippen molar-refractivity contribution in [3.63, 3.8) is 0 Å². The summed E-state index contributed by atoms with van der Waals surface area (Å²) in [5.41, 5.74) is 0. The lowest BCUT2D eigenvalue weighted by atomic mass is 10.1. The van der Waals surface area contributed by atoms with Gasteiger partial charge in [-0.3, -0.25) is 4.79 Å². The average molecular weight is 257 g/mol. The van der Waals surface area contributed by atoms with E-state index in [-0.39, 0.29) is 25.5 Å². The quantitative estimate of drug-likeness (QED) is 0.671. The van der Waals surface area contributed by atoms with Crippen molar-refractivity contribution in [2.45, 2.75) is 32.5 Å². The van der Waals surface area contributed by atoms with Crippen LogP contribution in [0.15, 0.2) is 0 Å². The molecule has 0 bridgehead atoms. The van der Waals surface area contributed by atoms with Crippen LogP contribution < -0.4 is 5.32 Å². The van der Waals surface area contributed by atoms with E-state index < -0.39 is 24.8 Å². The summed E-state index contributed by atoms with van der Waals surface area (Å²) in [5, 5.41) is 11.8. The lowest BCUT2D eigenvalue weighted by molar-refractivity contribution is -0.174. The molecule has 0 aromatic heterocycles. The fourth-order valence-corrected chi connectivity index (χ4v) is 0.895. The highest BCUT2D eigenvalue weighted by Crippen LogP contribution is 2.14. The molecule has 4 nitrogen and oxygen atoms in total. The molecule has 0 aromatic rings. The van der Waals surface area contributed by atoms with Crippen LogP contribution in [-0.4, -0.2) is 43.1 Å². The standard InChI is InChI=1S/C10H18F3NO3/c1-7(2)8(15)5-14-9(16)3-4-17-6-10(11,12)13/h7-8,15H,3-6H2,1-2H3,(H,14,16). The highest BCUT2D eigenvalue weighted by atomic mass is 19.4. The van der Waals surface area contributed by atoms with Crippen LogP contribution >= 0.6 is 0 Å². The van der Waals surface area contributed by atoms with Gasteiger partial charge in [0.2, 0.25) is 5.91 Å². The Balaban J connectivity index is 3.54. The first-order valence-corrected chi connectivity index (χ1v) is 5.31. The largest absolute Gasteiger partial charge is 0.411 e. The summed E-state index contributed by atoms with van der Waals surface area (Å²) >= 11 is 0. The van der Waals surface area contributed by atoms with Gasteiger partial charge in [-0.1, -0.05) is 13.8 Å². The fraction of sp³-hybridized carbons (Fsp3) is 0.900. The van der Waals surface area contributed by atoms with Gasteiger partial charge in [-0.2, -0.15) is 13.2 Å². The van der Waals surface area contributed by atoms with Crippen molar-refractivity contribution in [1.82, 2.24) is 5.32 Å². The molecule has 0 rings (SSSR count). The lowest BCUT2D eigenvalue weighted by Gasteiger charge is -2.15. The van der Waals surface area contributed by atoms with Crippen molar-refractivity contribution in [2.75, 3.05) is 19.8 Å². The molecule has 0 radical (unpaired) electrons. The second-order valence-corrected chi connectivity index (χ2v) is 4.03. The van der Waals surface area contributed by atoms with Crippen LogP contribution in [0.3, 0.4) is 0 Å². The first-order valence-electron chi connectivity index (χ1n) is 5.31. The molecule has 7 heteroatoms. The van der Waals surface area contributed by atoms with E-state index in [2.05, 4.69) is 10.1 Å². The predicted molar refractivity (Wildman–Crippen MR) is 55.3 cm³/mol. The number of amides is 1. The van der Waals surface area contributed by atoms with Gasteiger partial charge in [0.05, 0.1) is 12.7 Å². The van der Waals surface area contributed by atoms with E-state index in [0.717, 1.165) is 0 Å². The first kappa shape index (κ1) is 16.2. The molecule has 0 aliphatic carbocycles. The van der Waals surface area contributed by atoms with Gasteiger partial charge in [0.25, 0.3) is 0 Å². The molecule has 0 aliphatic rings. The topological polar surface area (TPSA) is 58.6 Å². The van der Waals surface area contributed by atoms with Gasteiger partial charge in [-0.15, -0.1) is 0 Å². The van der Waals surface area contributed by atoms with Gasteiger partial charge >= 0.3 is 6.18 Å². The van der Waals surface area contributed by atoms with Crippen LogP contribution in [0, 0.1) is 5.92 Å². The number of nitrogens with one attached hydrogen (secondary N) is 1. The van der Waals surface area contributed by atoms with E-state index in [4.69, 9.17) is 0 Å². The Labute approximate surface area is 98.1 Å². The second-order valence-electron chi connectivity index (χ2n) is 4.03. The minimum Gasteiger partial charge on any atom is -0.391 e. The van der Waals surface area contributed by atoms with Crippen molar-refractivity contribution in [2.24, 2.45) is 5.92 Å². The molecule has 0 saturated carbocycles. The number of carbonyl (C=O) groups excluding carboxylic acids is 1. The Hall–Kier alpha value is -0.820. The van der Waals surface area contributed by atoms with E-state index in [9.17, 15) is 23.1 Å². The van der Waals surface area contributed by atoms with Gasteiger partial charge in [0.15, 0.2) is 0 Å².